The van der Waals surface area contributed by atoms with Gasteiger partial charge in [0.2, 0.25) is 0 Å². The van der Waals surface area contributed by atoms with Crippen LogP contribution in [0.5, 0.6) is 17.2 Å². The lowest BCUT2D eigenvalue weighted by atomic mass is 10.3. The SMILES string of the molecule is O=C(O)C(F)Oc1ccc(O)c(O)c1. The van der Waals surface area contributed by atoms with E-state index >= 15 is 0 Å². The van der Waals surface area contributed by atoms with Crippen LogP contribution in [0.3, 0.4) is 0 Å². The highest BCUT2D eigenvalue weighted by Gasteiger charge is 2.17. The van der Waals surface area contributed by atoms with E-state index in [4.69, 9.17) is 15.3 Å². The molecule has 6 heteroatoms. The molecule has 76 valence electrons. The number of rotatable bonds is 3. The first-order chi connectivity index (χ1) is 6.50. The number of carboxylic acids is 1. The van der Waals surface area contributed by atoms with Crippen LogP contribution in [0, 0.1) is 0 Å². The number of aromatic hydroxyl groups is 2. The Labute approximate surface area is 78.0 Å². The largest absolute Gasteiger partial charge is 0.504 e. The number of ether oxygens (including phenoxy) is 1. The van der Waals surface area contributed by atoms with Crippen molar-refractivity contribution in [2.24, 2.45) is 0 Å². The Morgan fingerprint density at radius 1 is 1.36 bits per heavy atom. The number of alkyl halides is 1. The minimum absolute atomic E-state index is 0.185. The summed E-state index contributed by atoms with van der Waals surface area (Å²) in [6.45, 7) is 0. The molecule has 0 fully saturated rings. The summed E-state index contributed by atoms with van der Waals surface area (Å²) in [4.78, 5) is 10.0. The topological polar surface area (TPSA) is 87.0 Å². The molecule has 1 aromatic carbocycles. The molecule has 0 saturated carbocycles. The first-order valence-electron chi connectivity index (χ1n) is 3.56. The molecule has 3 N–H and O–H groups in total. The number of aliphatic carboxylic acids is 1. The lowest BCUT2D eigenvalue weighted by Crippen LogP contribution is -2.21. The van der Waals surface area contributed by atoms with Gasteiger partial charge < -0.3 is 20.1 Å². The van der Waals surface area contributed by atoms with E-state index < -0.39 is 23.8 Å². The van der Waals surface area contributed by atoms with Gasteiger partial charge >= 0.3 is 12.3 Å². The molecule has 0 saturated heterocycles. The Bertz CT molecular complexity index is 352. The first kappa shape index (κ1) is 10.1. The summed E-state index contributed by atoms with van der Waals surface area (Å²) in [7, 11) is 0. The van der Waals surface area contributed by atoms with Gasteiger partial charge in [-0.05, 0) is 12.1 Å². The summed E-state index contributed by atoms with van der Waals surface area (Å²) in [6.07, 6.45) is -2.50. The Morgan fingerprint density at radius 3 is 2.50 bits per heavy atom. The lowest BCUT2D eigenvalue weighted by Gasteiger charge is -2.07. The normalized spacial score (nSPS) is 12.1. The van der Waals surface area contributed by atoms with E-state index in [0.717, 1.165) is 18.2 Å². The van der Waals surface area contributed by atoms with Gasteiger partial charge in [-0.15, -0.1) is 0 Å². The molecule has 0 radical (unpaired) electrons. The van der Waals surface area contributed by atoms with Crippen molar-refractivity contribution < 1.29 is 29.2 Å². The third-order valence-corrected chi connectivity index (χ3v) is 1.38. The molecule has 1 atom stereocenters. The predicted octanol–water partition coefficient (Wildman–Crippen LogP) is 0.857. The Kier molecular flexibility index (Phi) is 2.76. The zero-order valence-electron chi connectivity index (χ0n) is 6.85. The molecule has 0 aliphatic heterocycles. The summed E-state index contributed by atoms with van der Waals surface area (Å²) in [5.41, 5.74) is 0. The van der Waals surface area contributed by atoms with E-state index in [2.05, 4.69) is 4.74 Å². The van der Waals surface area contributed by atoms with Crippen LogP contribution in [0.1, 0.15) is 0 Å². The molecule has 0 aliphatic rings. The summed E-state index contributed by atoms with van der Waals surface area (Å²) < 4.78 is 16.8. The van der Waals surface area contributed by atoms with Crippen molar-refractivity contribution in [1.82, 2.24) is 0 Å². The van der Waals surface area contributed by atoms with E-state index in [-0.39, 0.29) is 5.75 Å². The van der Waals surface area contributed by atoms with Crippen molar-refractivity contribution in [3.8, 4) is 17.2 Å². The molecule has 1 aromatic rings. The zero-order valence-corrected chi connectivity index (χ0v) is 6.85. The van der Waals surface area contributed by atoms with Gasteiger partial charge in [-0.1, -0.05) is 0 Å². The van der Waals surface area contributed by atoms with Crippen molar-refractivity contribution in [1.29, 1.82) is 0 Å². The van der Waals surface area contributed by atoms with Crippen molar-refractivity contribution in [3.63, 3.8) is 0 Å². The number of hydrogen-bond acceptors (Lipinski definition) is 4. The average molecular weight is 202 g/mol. The zero-order chi connectivity index (χ0) is 10.7. The fourth-order valence-electron chi connectivity index (χ4n) is 0.746. The summed E-state index contributed by atoms with van der Waals surface area (Å²) in [5.74, 6) is -2.86. The fourth-order valence-corrected chi connectivity index (χ4v) is 0.746. The van der Waals surface area contributed by atoms with Crippen LogP contribution >= 0.6 is 0 Å². The van der Waals surface area contributed by atoms with Gasteiger partial charge in [0.25, 0.3) is 0 Å². The highest BCUT2D eigenvalue weighted by Crippen LogP contribution is 2.29. The third kappa shape index (κ3) is 2.25. The van der Waals surface area contributed by atoms with Gasteiger partial charge in [0.1, 0.15) is 5.75 Å². The third-order valence-electron chi connectivity index (χ3n) is 1.38. The second-order valence-corrected chi connectivity index (χ2v) is 2.42. The molecule has 14 heavy (non-hydrogen) atoms. The van der Waals surface area contributed by atoms with E-state index in [9.17, 15) is 9.18 Å². The van der Waals surface area contributed by atoms with E-state index in [1.165, 1.54) is 0 Å². The predicted molar refractivity (Wildman–Crippen MR) is 42.9 cm³/mol. The monoisotopic (exact) mass is 202 g/mol. The van der Waals surface area contributed by atoms with Gasteiger partial charge in [0.05, 0.1) is 0 Å². The van der Waals surface area contributed by atoms with Crippen molar-refractivity contribution >= 4 is 5.97 Å². The minimum atomic E-state index is -2.50. The number of carbonyl (C=O) groups is 1. The van der Waals surface area contributed by atoms with Crippen LogP contribution in [0.2, 0.25) is 0 Å². The molecule has 1 rings (SSSR count). The van der Waals surface area contributed by atoms with Crippen LogP contribution in [0.4, 0.5) is 4.39 Å². The van der Waals surface area contributed by atoms with Gasteiger partial charge in [0.15, 0.2) is 11.5 Å². The molecule has 0 spiro atoms. The molecule has 0 aliphatic carbocycles. The van der Waals surface area contributed by atoms with Gasteiger partial charge in [0, 0.05) is 6.07 Å². The van der Waals surface area contributed by atoms with Gasteiger partial charge in [-0.2, -0.15) is 4.39 Å². The highest BCUT2D eigenvalue weighted by atomic mass is 19.1. The number of hydrogen-bond donors (Lipinski definition) is 3. The maximum Gasteiger partial charge on any atom is 0.378 e. The molecular formula is C8H7FO5. The standard InChI is InChI=1S/C8H7FO5/c9-7(8(12)13)14-4-1-2-5(10)6(11)3-4/h1-3,7,10-11H,(H,12,13). The van der Waals surface area contributed by atoms with Crippen LogP contribution in [0.25, 0.3) is 0 Å². The fraction of sp³-hybridized carbons (Fsp3) is 0.125. The minimum Gasteiger partial charge on any atom is -0.504 e. The summed E-state index contributed by atoms with van der Waals surface area (Å²) in [5, 5.41) is 26.0. The highest BCUT2D eigenvalue weighted by molar-refractivity contribution is 5.71. The number of phenols is 2. The van der Waals surface area contributed by atoms with E-state index in [1.54, 1.807) is 0 Å². The Hall–Kier alpha value is -1.98. The number of carboxylic acid groups (broad SMARTS) is 1. The Balaban J connectivity index is 2.78. The van der Waals surface area contributed by atoms with Gasteiger partial charge in [-0.3, -0.25) is 0 Å². The molecular weight excluding hydrogens is 195 g/mol. The second-order valence-electron chi connectivity index (χ2n) is 2.42. The van der Waals surface area contributed by atoms with Crippen LogP contribution in [-0.2, 0) is 4.79 Å². The molecule has 0 aromatic heterocycles. The maximum absolute atomic E-state index is 12.5. The maximum atomic E-state index is 12.5. The van der Waals surface area contributed by atoms with E-state index in [0.29, 0.717) is 0 Å². The summed E-state index contributed by atoms with van der Waals surface area (Å²) >= 11 is 0. The smallest absolute Gasteiger partial charge is 0.378 e. The molecule has 5 nitrogen and oxygen atoms in total. The number of phenolic OH excluding ortho intramolecular Hbond substituents is 2. The first-order valence-corrected chi connectivity index (χ1v) is 3.56. The van der Waals surface area contributed by atoms with Crippen molar-refractivity contribution in [2.75, 3.05) is 0 Å². The quantitative estimate of drug-likeness (QED) is 0.632. The Morgan fingerprint density at radius 2 is 2.00 bits per heavy atom. The average Bonchev–Trinajstić information content (AvgIpc) is 2.11. The lowest BCUT2D eigenvalue weighted by molar-refractivity contribution is -0.153. The van der Waals surface area contributed by atoms with Crippen molar-refractivity contribution in [2.45, 2.75) is 6.36 Å². The molecule has 0 heterocycles. The van der Waals surface area contributed by atoms with Gasteiger partial charge in [-0.25, -0.2) is 4.79 Å². The summed E-state index contributed by atoms with van der Waals surface area (Å²) in [6, 6.07) is 3.09. The second kappa shape index (κ2) is 3.82. The van der Waals surface area contributed by atoms with Crippen LogP contribution in [-0.4, -0.2) is 27.6 Å². The van der Waals surface area contributed by atoms with Crippen LogP contribution < -0.4 is 4.74 Å². The van der Waals surface area contributed by atoms with E-state index in [1.807, 2.05) is 0 Å². The van der Waals surface area contributed by atoms with Crippen LogP contribution in [0.15, 0.2) is 18.2 Å². The molecule has 0 amide bonds. The van der Waals surface area contributed by atoms with Crippen molar-refractivity contribution in [3.05, 3.63) is 18.2 Å². The molecule has 0 bridgehead atoms. The molecule has 1 unspecified atom stereocenters. The number of benzene rings is 1. The number of halogens is 1.